The van der Waals surface area contributed by atoms with Crippen LogP contribution in [0.5, 0.6) is 0 Å². The van der Waals surface area contributed by atoms with Crippen molar-refractivity contribution < 1.29 is 9.50 Å². The van der Waals surface area contributed by atoms with Crippen molar-refractivity contribution in [2.75, 3.05) is 31.1 Å². The molecule has 4 rings (SSSR count). The van der Waals surface area contributed by atoms with Crippen molar-refractivity contribution in [3.63, 3.8) is 0 Å². The molecule has 4 nitrogen and oxygen atoms in total. The SMILES string of the molecule is OCCN1CCCC2C1CCN2c1nc(-c2ccc(F)cc2)cs1. The molecule has 2 aliphatic rings. The normalized spacial score (nSPS) is 24.3. The first-order chi connectivity index (χ1) is 11.8. The van der Waals surface area contributed by atoms with E-state index in [1.54, 1.807) is 23.5 Å². The number of halogens is 1. The number of fused-ring (bicyclic) bond motifs is 1. The summed E-state index contributed by atoms with van der Waals surface area (Å²) < 4.78 is 13.1. The highest BCUT2D eigenvalue weighted by molar-refractivity contribution is 7.14. The fourth-order valence-electron chi connectivity index (χ4n) is 4.07. The van der Waals surface area contributed by atoms with E-state index in [1.807, 2.05) is 0 Å². The number of aliphatic hydroxyl groups is 1. The monoisotopic (exact) mass is 347 g/mol. The predicted molar refractivity (Wildman–Crippen MR) is 94.9 cm³/mol. The van der Waals surface area contributed by atoms with Crippen molar-refractivity contribution in [2.24, 2.45) is 0 Å². The van der Waals surface area contributed by atoms with Gasteiger partial charge in [-0.05, 0) is 50.1 Å². The number of likely N-dealkylation sites (tertiary alicyclic amines) is 1. The Labute approximate surface area is 145 Å². The van der Waals surface area contributed by atoms with Crippen LogP contribution in [0.2, 0.25) is 0 Å². The van der Waals surface area contributed by atoms with Crippen molar-refractivity contribution >= 4 is 16.5 Å². The van der Waals surface area contributed by atoms with Crippen LogP contribution in [0.25, 0.3) is 11.3 Å². The lowest BCUT2D eigenvalue weighted by molar-refractivity contribution is 0.114. The number of hydrogen-bond donors (Lipinski definition) is 1. The number of nitrogens with zero attached hydrogens (tertiary/aromatic N) is 3. The Bertz CT molecular complexity index is 688. The minimum Gasteiger partial charge on any atom is -0.395 e. The molecule has 128 valence electrons. The average molecular weight is 347 g/mol. The average Bonchev–Trinajstić information content (AvgIpc) is 3.23. The second kappa shape index (κ2) is 6.78. The lowest BCUT2D eigenvalue weighted by Gasteiger charge is -2.39. The molecular weight excluding hydrogens is 325 g/mol. The number of anilines is 1. The Morgan fingerprint density at radius 2 is 2.00 bits per heavy atom. The summed E-state index contributed by atoms with van der Waals surface area (Å²) in [5, 5.41) is 12.4. The van der Waals surface area contributed by atoms with Gasteiger partial charge in [0.05, 0.1) is 12.3 Å². The number of hydrogen-bond acceptors (Lipinski definition) is 5. The molecule has 0 amide bonds. The zero-order valence-electron chi connectivity index (χ0n) is 13.6. The molecule has 24 heavy (non-hydrogen) atoms. The molecule has 0 aliphatic carbocycles. The van der Waals surface area contributed by atoms with E-state index in [4.69, 9.17) is 4.98 Å². The third-order valence-corrected chi connectivity index (χ3v) is 6.07. The van der Waals surface area contributed by atoms with Crippen LogP contribution < -0.4 is 4.90 Å². The summed E-state index contributed by atoms with van der Waals surface area (Å²) in [5.74, 6) is -0.220. The zero-order chi connectivity index (χ0) is 16.5. The number of benzene rings is 1. The van der Waals surface area contributed by atoms with Gasteiger partial charge in [-0.2, -0.15) is 0 Å². The maximum absolute atomic E-state index is 13.1. The number of thiazole rings is 1. The fraction of sp³-hybridized carbons (Fsp3) is 0.500. The van der Waals surface area contributed by atoms with Gasteiger partial charge < -0.3 is 10.0 Å². The zero-order valence-corrected chi connectivity index (χ0v) is 14.4. The van der Waals surface area contributed by atoms with Crippen LogP contribution in [0, 0.1) is 5.82 Å². The fourth-order valence-corrected chi connectivity index (χ4v) is 4.99. The number of piperidine rings is 1. The summed E-state index contributed by atoms with van der Waals surface area (Å²) in [6.45, 7) is 3.12. The second-order valence-electron chi connectivity index (χ2n) is 6.54. The maximum atomic E-state index is 13.1. The first-order valence-electron chi connectivity index (χ1n) is 8.59. The van der Waals surface area contributed by atoms with Gasteiger partial charge in [0.15, 0.2) is 5.13 Å². The standard InChI is InChI=1S/C18H22FN3OS/c19-14-5-3-13(4-6-14)15-12-24-18(20-15)22-9-7-16-17(22)2-1-8-21(16)10-11-23/h3-6,12,16-17,23H,1-2,7-11H2. The van der Waals surface area contributed by atoms with Crippen molar-refractivity contribution in [1.82, 2.24) is 9.88 Å². The molecule has 2 saturated heterocycles. The number of β-amino-alcohol motifs (C(OH)–C–C–N with tert-alkyl or cyclic N) is 1. The highest BCUT2D eigenvalue weighted by Gasteiger charge is 2.40. The van der Waals surface area contributed by atoms with Crippen LogP contribution in [0.1, 0.15) is 19.3 Å². The van der Waals surface area contributed by atoms with E-state index >= 15 is 0 Å². The van der Waals surface area contributed by atoms with Gasteiger partial charge in [0.2, 0.25) is 0 Å². The van der Waals surface area contributed by atoms with Gasteiger partial charge in [0.1, 0.15) is 5.82 Å². The third-order valence-electron chi connectivity index (χ3n) is 5.19. The molecule has 6 heteroatoms. The van der Waals surface area contributed by atoms with Gasteiger partial charge in [0, 0.05) is 36.1 Å². The Morgan fingerprint density at radius 3 is 2.79 bits per heavy atom. The molecule has 2 aromatic rings. The minimum absolute atomic E-state index is 0.220. The molecule has 0 bridgehead atoms. The smallest absolute Gasteiger partial charge is 0.186 e. The van der Waals surface area contributed by atoms with Crippen LogP contribution in [0.4, 0.5) is 9.52 Å². The van der Waals surface area contributed by atoms with E-state index in [1.165, 1.54) is 25.0 Å². The highest BCUT2D eigenvalue weighted by atomic mass is 32.1. The van der Waals surface area contributed by atoms with Gasteiger partial charge in [-0.25, -0.2) is 9.37 Å². The minimum atomic E-state index is -0.220. The third kappa shape index (κ3) is 2.94. The van der Waals surface area contributed by atoms with Crippen LogP contribution in [-0.4, -0.2) is 53.3 Å². The van der Waals surface area contributed by atoms with Crippen molar-refractivity contribution in [3.8, 4) is 11.3 Å². The number of rotatable bonds is 4. The van der Waals surface area contributed by atoms with E-state index in [0.29, 0.717) is 12.1 Å². The van der Waals surface area contributed by atoms with Crippen LogP contribution in [-0.2, 0) is 0 Å². The van der Waals surface area contributed by atoms with Crippen molar-refractivity contribution in [2.45, 2.75) is 31.3 Å². The first kappa shape index (κ1) is 16.0. The van der Waals surface area contributed by atoms with Crippen LogP contribution in [0.15, 0.2) is 29.6 Å². The van der Waals surface area contributed by atoms with E-state index in [0.717, 1.165) is 42.4 Å². The van der Waals surface area contributed by atoms with E-state index in [-0.39, 0.29) is 12.4 Å². The topological polar surface area (TPSA) is 39.6 Å². The molecule has 1 N–H and O–H groups in total. The molecule has 0 spiro atoms. The molecule has 2 atom stereocenters. The van der Waals surface area contributed by atoms with Gasteiger partial charge >= 0.3 is 0 Å². The molecule has 3 heterocycles. The molecule has 1 aromatic carbocycles. The molecule has 2 unspecified atom stereocenters. The summed E-state index contributed by atoms with van der Waals surface area (Å²) in [6.07, 6.45) is 3.50. The van der Waals surface area contributed by atoms with Crippen LogP contribution in [0.3, 0.4) is 0 Å². The summed E-state index contributed by atoms with van der Waals surface area (Å²) in [7, 11) is 0. The molecule has 2 fully saturated rings. The molecule has 1 aromatic heterocycles. The van der Waals surface area contributed by atoms with Crippen molar-refractivity contribution in [3.05, 3.63) is 35.5 Å². The van der Waals surface area contributed by atoms with Crippen molar-refractivity contribution in [1.29, 1.82) is 0 Å². The van der Waals surface area contributed by atoms with Gasteiger partial charge in [0.25, 0.3) is 0 Å². The van der Waals surface area contributed by atoms with Gasteiger partial charge in [-0.15, -0.1) is 11.3 Å². The predicted octanol–water partition coefficient (Wildman–Crippen LogP) is 2.98. The Hall–Kier alpha value is -1.50. The Morgan fingerprint density at radius 1 is 1.17 bits per heavy atom. The van der Waals surface area contributed by atoms with E-state index < -0.39 is 0 Å². The maximum Gasteiger partial charge on any atom is 0.186 e. The second-order valence-corrected chi connectivity index (χ2v) is 7.38. The Balaban J connectivity index is 1.53. The lowest BCUT2D eigenvalue weighted by Crippen LogP contribution is -2.50. The van der Waals surface area contributed by atoms with Crippen LogP contribution >= 0.6 is 11.3 Å². The summed E-state index contributed by atoms with van der Waals surface area (Å²) >= 11 is 1.67. The summed E-state index contributed by atoms with van der Waals surface area (Å²) in [4.78, 5) is 9.68. The molecule has 0 radical (unpaired) electrons. The molecular formula is C18H22FN3OS. The number of aliphatic hydroxyl groups excluding tert-OH is 1. The molecule has 2 aliphatic heterocycles. The quantitative estimate of drug-likeness (QED) is 0.923. The summed E-state index contributed by atoms with van der Waals surface area (Å²) in [5.41, 5.74) is 1.88. The highest BCUT2D eigenvalue weighted by Crippen LogP contribution is 2.37. The lowest BCUT2D eigenvalue weighted by atomic mass is 9.97. The van der Waals surface area contributed by atoms with Gasteiger partial charge in [-0.1, -0.05) is 0 Å². The van der Waals surface area contributed by atoms with Gasteiger partial charge in [-0.3, -0.25) is 4.90 Å². The van der Waals surface area contributed by atoms with E-state index in [2.05, 4.69) is 15.2 Å². The Kier molecular flexibility index (Phi) is 4.52. The number of aromatic nitrogens is 1. The largest absolute Gasteiger partial charge is 0.395 e. The first-order valence-corrected chi connectivity index (χ1v) is 9.47. The summed E-state index contributed by atoms with van der Waals surface area (Å²) in [6, 6.07) is 7.55. The van der Waals surface area contributed by atoms with E-state index in [9.17, 15) is 9.50 Å². The molecule has 0 saturated carbocycles.